The molecule has 4 aliphatic rings. The Balaban J connectivity index is 0.000000222. The van der Waals surface area contributed by atoms with Crippen molar-refractivity contribution in [2.24, 2.45) is 23.7 Å². The number of nitrogens with one attached hydrogen (secondary N) is 4. The average Bonchev–Trinajstić information content (AvgIpc) is 1.59. The number of methoxy groups -OCH3 is 1. The fourth-order valence-electron chi connectivity index (χ4n) is 15.8. The lowest BCUT2D eigenvalue weighted by atomic mass is 9.74. The summed E-state index contributed by atoms with van der Waals surface area (Å²) < 4.78 is 66.4. The number of hydrogen-bond acceptors (Lipinski definition) is 15. The number of halogens is 3. The number of piperidine rings is 2. The van der Waals surface area contributed by atoms with Crippen molar-refractivity contribution < 1.29 is 46.4 Å². The van der Waals surface area contributed by atoms with Gasteiger partial charge in [0.1, 0.15) is 0 Å². The third-order valence-electron chi connectivity index (χ3n) is 21.4. The number of ether oxygens (including phenoxy) is 5. The molecule has 600 valence electrons. The number of aromatic amines is 4. The summed E-state index contributed by atoms with van der Waals surface area (Å²) in [6, 6.07) is 5.04. The van der Waals surface area contributed by atoms with Crippen molar-refractivity contribution in [2.75, 3.05) is 141 Å². The number of benzene rings is 1. The third kappa shape index (κ3) is 31.1. The molecule has 21 nitrogen and oxygen atoms in total. The first-order chi connectivity index (χ1) is 51.3. The van der Waals surface area contributed by atoms with E-state index in [1.807, 2.05) is 29.7 Å². The van der Waals surface area contributed by atoms with Gasteiger partial charge in [-0.05, 0) is 207 Å². The second-order valence-electron chi connectivity index (χ2n) is 30.6. The van der Waals surface area contributed by atoms with Crippen LogP contribution in [0.1, 0.15) is 257 Å². The van der Waals surface area contributed by atoms with Crippen LogP contribution in [0.4, 0.5) is 13.2 Å². The maximum Gasteiger partial charge on any atom is 0.416 e. The summed E-state index contributed by atoms with van der Waals surface area (Å²) in [4.78, 5) is 37.7. The molecule has 5 aromatic rings. The van der Waals surface area contributed by atoms with Crippen LogP contribution in [-0.2, 0) is 72.2 Å². The number of amides is 2. The summed E-state index contributed by atoms with van der Waals surface area (Å²) in [5.41, 5.74) is 10.1. The summed E-state index contributed by atoms with van der Waals surface area (Å²) in [6.07, 6.45) is 24.0. The molecule has 4 N–H and O–H groups in total. The summed E-state index contributed by atoms with van der Waals surface area (Å²) >= 11 is 0. The number of carbonyl (C=O) groups is 2. The Morgan fingerprint density at radius 3 is 1.08 bits per heavy atom. The number of unbranched alkanes of at least 4 members (excludes halogenated alkanes) is 4. The number of carbonyl (C=O) groups excluding carboxylic acids is 2. The highest BCUT2D eigenvalue weighted by Gasteiger charge is 2.36. The highest BCUT2D eigenvalue weighted by atomic mass is 19.4. The first-order valence-electron chi connectivity index (χ1n) is 40.6. The Bertz CT molecular complexity index is 3000. The maximum absolute atomic E-state index is 12.8. The second-order valence-corrected chi connectivity index (χ2v) is 30.6. The van der Waals surface area contributed by atoms with E-state index < -0.39 is 11.7 Å². The third-order valence-corrected chi connectivity index (χ3v) is 21.4. The van der Waals surface area contributed by atoms with Crippen LogP contribution in [0.15, 0.2) is 49.1 Å². The molecule has 0 spiro atoms. The van der Waals surface area contributed by atoms with E-state index in [9.17, 15) is 22.8 Å². The minimum atomic E-state index is -4.36. The number of H-pyrrole nitrogens is 4. The maximum atomic E-state index is 12.8. The highest BCUT2D eigenvalue weighted by Crippen LogP contribution is 2.43. The fraction of sp³-hybridized carbons (Fsp3) is 0.756. The fourth-order valence-corrected chi connectivity index (χ4v) is 15.8. The number of nitrogens with zero attached hydrogens (tertiary/aromatic N) is 10. The minimum Gasteiger partial charge on any atom is -0.385 e. The largest absolute Gasteiger partial charge is 0.416 e. The quantitative estimate of drug-likeness (QED) is 0.0267. The topological polar surface area (TPSA) is 214 Å². The molecule has 0 bridgehead atoms. The molecule has 6 heterocycles. The van der Waals surface area contributed by atoms with E-state index >= 15 is 0 Å². The van der Waals surface area contributed by atoms with Gasteiger partial charge in [-0.15, -0.1) is 0 Å². The molecule has 2 saturated carbocycles. The number of aromatic nitrogens is 8. The molecular weight excluding hydrogens is 1350 g/mol. The van der Waals surface area contributed by atoms with Gasteiger partial charge in [-0.25, -0.2) is 0 Å². The number of alkyl halides is 3. The van der Waals surface area contributed by atoms with Crippen molar-refractivity contribution in [3.05, 3.63) is 105 Å². The van der Waals surface area contributed by atoms with Crippen LogP contribution in [0.2, 0.25) is 0 Å². The number of likely N-dealkylation sites (tertiary alicyclic amines) is 2. The lowest BCUT2D eigenvalue weighted by molar-refractivity contribution is -0.138. The molecule has 7 atom stereocenters. The first kappa shape index (κ1) is 89.3. The number of rotatable bonds is 42. The Kier molecular flexibility index (Phi) is 41.8. The van der Waals surface area contributed by atoms with Gasteiger partial charge in [0.2, 0.25) is 11.8 Å². The van der Waals surface area contributed by atoms with Crippen LogP contribution < -0.4 is 0 Å². The van der Waals surface area contributed by atoms with Crippen molar-refractivity contribution in [1.82, 2.24) is 70.2 Å². The van der Waals surface area contributed by atoms with Crippen molar-refractivity contribution in [2.45, 2.75) is 240 Å². The molecule has 2 aliphatic heterocycles. The molecule has 4 fully saturated rings. The van der Waals surface area contributed by atoms with E-state index in [1.54, 1.807) is 12.0 Å². The lowest BCUT2D eigenvalue weighted by Crippen LogP contribution is -2.40. The van der Waals surface area contributed by atoms with Gasteiger partial charge in [0.25, 0.3) is 0 Å². The van der Waals surface area contributed by atoms with Crippen molar-refractivity contribution >= 4 is 11.8 Å². The molecule has 2 aliphatic carbocycles. The first-order valence-corrected chi connectivity index (χ1v) is 40.6. The van der Waals surface area contributed by atoms with Gasteiger partial charge in [-0.1, -0.05) is 65.5 Å². The molecule has 2 amide bonds. The standard InChI is InChI=1S/C22H29F3N4O.2C21H39N3O2.C18H32N4O2/c1-3-4-11-28(2)14-18-12-26-27-21(18)17-7-10-20(30)29(15-17)13-16-5-8-19(9-6-16)22(23,24)25;2*1-5-8-9-24(4)14-20-13-22-23-21(20)19-11-17(15-25-6-2)10-18(12-19)16-26-7-3;1-4-5-9-21(2)13-16-12-19-20-18(16)15-7-8-17(23)22(14-15)10-6-11-24-3/h5-6,8-9,12,17H,3-4,7,10-11,13-15H2,1-2H3,(H,26,27);2*13,17-19H,5-12,14-16H2,1-4H3,(H,22,23);12,15H,4-11,13-14H2,1-3H3,(H,19,20)/t;17-,18+,19?;17-,18-;/m..1./s1. The van der Waals surface area contributed by atoms with Crippen LogP contribution in [-0.4, -0.2) is 223 Å². The highest BCUT2D eigenvalue weighted by molar-refractivity contribution is 5.77. The summed E-state index contributed by atoms with van der Waals surface area (Å²) in [5, 5.41) is 30.3. The van der Waals surface area contributed by atoms with Crippen molar-refractivity contribution in [1.29, 1.82) is 0 Å². The summed E-state index contributed by atoms with van der Waals surface area (Å²) in [6.45, 7) is 35.1. The molecule has 3 unspecified atom stereocenters. The van der Waals surface area contributed by atoms with Gasteiger partial charge >= 0.3 is 6.18 Å². The van der Waals surface area contributed by atoms with E-state index in [1.165, 1.54) is 123 Å². The predicted molar refractivity (Wildman–Crippen MR) is 416 cm³/mol. The van der Waals surface area contributed by atoms with Gasteiger partial charge in [0.05, 0.1) is 30.4 Å². The van der Waals surface area contributed by atoms with E-state index in [0.29, 0.717) is 79.5 Å². The molecule has 4 aromatic heterocycles. The summed E-state index contributed by atoms with van der Waals surface area (Å²) in [7, 11) is 10.4. The number of hydrogen-bond donors (Lipinski definition) is 4. The van der Waals surface area contributed by atoms with Crippen LogP contribution in [0.3, 0.4) is 0 Å². The van der Waals surface area contributed by atoms with Crippen molar-refractivity contribution in [3.8, 4) is 0 Å². The van der Waals surface area contributed by atoms with E-state index in [2.05, 4.69) is 144 Å². The zero-order chi connectivity index (χ0) is 76.6. The molecule has 24 heteroatoms. The second kappa shape index (κ2) is 49.6. The molecule has 9 rings (SSSR count). The Morgan fingerprint density at radius 1 is 0.453 bits per heavy atom. The Morgan fingerprint density at radius 2 is 0.774 bits per heavy atom. The zero-order valence-electron chi connectivity index (χ0n) is 67.5. The molecule has 0 radical (unpaired) electrons. The SMILES string of the molecule is CCCCN(C)Cc1cn[nH]c1C1CCC(=O)N(CCCOC)C1.CCCCN(C)Cc1cn[nH]c1C1CCC(=O)N(Cc2ccc(C(F)(F)F)cc2)C1.CCCCN(C)Cc1cn[nH]c1C1C[C@@H](COCC)C[C@@H](COCC)C1.CCCCN(C)Cc1cn[nH]c1C1C[C@H](COCC)C[C@@H](COCC)C1. The molecule has 1 aromatic carbocycles. The van der Waals surface area contributed by atoms with Gasteiger partial charge < -0.3 is 53.1 Å². The van der Waals surface area contributed by atoms with Crippen LogP contribution in [0.25, 0.3) is 0 Å². The summed E-state index contributed by atoms with van der Waals surface area (Å²) in [5.74, 6) is 4.36. The minimum absolute atomic E-state index is 0.0345. The van der Waals surface area contributed by atoms with Crippen molar-refractivity contribution in [3.63, 3.8) is 0 Å². The normalized spacial score (nSPS) is 20.8. The molecule has 2 saturated heterocycles. The lowest BCUT2D eigenvalue weighted by Gasteiger charge is -2.35. The van der Waals surface area contributed by atoms with Gasteiger partial charge in [0.15, 0.2) is 0 Å². The Labute approximate surface area is 635 Å². The van der Waals surface area contributed by atoms with E-state index in [4.69, 9.17) is 23.7 Å². The monoisotopic (exact) mass is 1490 g/mol. The van der Waals surface area contributed by atoms with Crippen LogP contribution in [0, 0.1) is 23.7 Å². The molecule has 106 heavy (non-hydrogen) atoms. The predicted octanol–water partition coefficient (Wildman–Crippen LogP) is 15.4. The average molecular weight is 1490 g/mol. The smallest absolute Gasteiger partial charge is 0.385 e. The van der Waals surface area contributed by atoms with E-state index in [0.717, 1.165) is 174 Å². The molecular formula is C82H139F3N14O7. The Hall–Kier alpha value is -5.57. The van der Waals surface area contributed by atoms with Crippen LogP contribution >= 0.6 is 0 Å². The van der Waals surface area contributed by atoms with Gasteiger partial charge in [0, 0.05) is 200 Å². The van der Waals surface area contributed by atoms with Gasteiger partial charge in [-0.2, -0.15) is 33.6 Å². The zero-order valence-corrected chi connectivity index (χ0v) is 67.5. The van der Waals surface area contributed by atoms with E-state index in [-0.39, 0.29) is 17.7 Å². The van der Waals surface area contributed by atoms with Gasteiger partial charge in [-0.3, -0.25) is 30.0 Å². The van der Waals surface area contributed by atoms with Crippen LogP contribution in [0.5, 0.6) is 0 Å².